The highest BCUT2D eigenvalue weighted by Gasteiger charge is 2.16. The second-order valence-electron chi connectivity index (χ2n) is 5.41. The first-order valence-corrected chi connectivity index (χ1v) is 6.19. The molecule has 1 amide bonds. The Kier molecular flexibility index (Phi) is 3.48. The van der Waals surface area contributed by atoms with Crippen molar-refractivity contribution in [2.45, 2.75) is 32.9 Å². The maximum Gasteiger partial charge on any atom is 0.412 e. The second kappa shape index (κ2) is 4.93. The molecule has 0 spiro atoms. The molecule has 1 aromatic heterocycles. The van der Waals surface area contributed by atoms with Gasteiger partial charge in [0.05, 0.1) is 0 Å². The molecule has 0 unspecified atom stereocenters. The Morgan fingerprint density at radius 2 is 2.16 bits per heavy atom. The molecular weight excluding hydrogens is 242 g/mol. The highest BCUT2D eigenvalue weighted by Crippen LogP contribution is 2.22. The Labute approximate surface area is 112 Å². The van der Waals surface area contributed by atoms with E-state index in [4.69, 9.17) is 10.5 Å². The third-order valence-corrected chi connectivity index (χ3v) is 2.63. The monoisotopic (exact) mass is 261 g/mol. The molecule has 0 saturated heterocycles. The molecule has 0 aliphatic heterocycles. The lowest BCUT2D eigenvalue weighted by molar-refractivity contribution is 0.0636. The van der Waals surface area contributed by atoms with Gasteiger partial charge < -0.3 is 15.5 Å². The Morgan fingerprint density at radius 3 is 2.79 bits per heavy atom. The van der Waals surface area contributed by atoms with Crippen LogP contribution in [0.5, 0.6) is 0 Å². The second-order valence-corrected chi connectivity index (χ2v) is 5.41. The number of nitrogens with two attached hydrogens (primary N) is 1. The normalized spacial score (nSPS) is 11.6. The van der Waals surface area contributed by atoms with Gasteiger partial charge in [-0.25, -0.2) is 4.79 Å². The molecule has 0 aliphatic carbocycles. The van der Waals surface area contributed by atoms with Crippen molar-refractivity contribution in [1.29, 1.82) is 0 Å². The van der Waals surface area contributed by atoms with E-state index in [9.17, 15) is 4.79 Å². The Balaban J connectivity index is 2.19. The number of hydrogen-bond donors (Lipinski definition) is 3. The SMILES string of the molecule is CC(C)(C)OC(=O)Nc1ccc2[nH]cc(CN)c2c1. The van der Waals surface area contributed by atoms with Crippen LogP contribution in [-0.2, 0) is 11.3 Å². The summed E-state index contributed by atoms with van der Waals surface area (Å²) in [6.45, 7) is 5.94. The number of hydrogen-bond acceptors (Lipinski definition) is 3. The molecule has 0 aliphatic rings. The highest BCUT2D eigenvalue weighted by atomic mass is 16.6. The molecule has 1 aromatic carbocycles. The zero-order chi connectivity index (χ0) is 14.0. The van der Waals surface area contributed by atoms with Crippen LogP contribution < -0.4 is 11.1 Å². The minimum atomic E-state index is -0.509. The Hall–Kier alpha value is -2.01. The fourth-order valence-corrected chi connectivity index (χ4v) is 1.85. The molecule has 5 heteroatoms. The van der Waals surface area contributed by atoms with Crippen LogP contribution in [0.25, 0.3) is 10.9 Å². The molecule has 2 rings (SSSR count). The van der Waals surface area contributed by atoms with Crippen molar-refractivity contribution in [3.05, 3.63) is 30.0 Å². The summed E-state index contributed by atoms with van der Waals surface area (Å²) in [5.41, 5.74) is 7.86. The zero-order valence-electron chi connectivity index (χ0n) is 11.4. The predicted octanol–water partition coefficient (Wildman–Crippen LogP) is 2.97. The van der Waals surface area contributed by atoms with Crippen molar-refractivity contribution >= 4 is 22.7 Å². The van der Waals surface area contributed by atoms with E-state index in [-0.39, 0.29) is 0 Å². The number of rotatable bonds is 2. The molecule has 1 heterocycles. The first-order chi connectivity index (χ1) is 8.89. The number of carbonyl (C=O) groups is 1. The number of aromatic nitrogens is 1. The number of benzene rings is 1. The lowest BCUT2D eigenvalue weighted by atomic mass is 10.1. The zero-order valence-corrected chi connectivity index (χ0v) is 11.4. The van der Waals surface area contributed by atoms with Gasteiger partial charge in [0, 0.05) is 29.3 Å². The Bertz CT molecular complexity index is 596. The van der Waals surface area contributed by atoms with Crippen molar-refractivity contribution in [1.82, 2.24) is 4.98 Å². The lowest BCUT2D eigenvalue weighted by Gasteiger charge is -2.19. The van der Waals surface area contributed by atoms with Crippen molar-refractivity contribution in [3.8, 4) is 0 Å². The fraction of sp³-hybridized carbons (Fsp3) is 0.357. The van der Waals surface area contributed by atoms with Crippen LogP contribution in [-0.4, -0.2) is 16.7 Å². The molecule has 0 saturated carbocycles. The molecule has 0 radical (unpaired) electrons. The Morgan fingerprint density at radius 1 is 1.42 bits per heavy atom. The number of ether oxygens (including phenoxy) is 1. The van der Waals surface area contributed by atoms with Gasteiger partial charge in [-0.15, -0.1) is 0 Å². The van der Waals surface area contributed by atoms with E-state index in [1.807, 2.05) is 45.2 Å². The number of nitrogens with one attached hydrogen (secondary N) is 2. The molecule has 5 nitrogen and oxygen atoms in total. The van der Waals surface area contributed by atoms with E-state index in [2.05, 4.69) is 10.3 Å². The average Bonchev–Trinajstić information content (AvgIpc) is 2.68. The van der Waals surface area contributed by atoms with Crippen molar-refractivity contribution in [2.24, 2.45) is 5.73 Å². The number of aromatic amines is 1. The van der Waals surface area contributed by atoms with E-state index in [0.29, 0.717) is 12.2 Å². The van der Waals surface area contributed by atoms with Crippen LogP contribution in [0, 0.1) is 0 Å². The molecule has 102 valence electrons. The molecule has 4 N–H and O–H groups in total. The van der Waals surface area contributed by atoms with Crippen LogP contribution >= 0.6 is 0 Å². The van der Waals surface area contributed by atoms with Gasteiger partial charge in [-0.2, -0.15) is 0 Å². The standard InChI is InChI=1S/C14H19N3O2/c1-14(2,3)19-13(18)17-10-4-5-12-11(6-10)9(7-15)8-16-12/h4-6,8,16H,7,15H2,1-3H3,(H,17,18). The smallest absolute Gasteiger partial charge is 0.412 e. The van der Waals surface area contributed by atoms with Gasteiger partial charge in [0.1, 0.15) is 5.60 Å². The van der Waals surface area contributed by atoms with Gasteiger partial charge in [0.15, 0.2) is 0 Å². The van der Waals surface area contributed by atoms with Crippen LogP contribution in [0.3, 0.4) is 0 Å². The van der Waals surface area contributed by atoms with E-state index < -0.39 is 11.7 Å². The summed E-state index contributed by atoms with van der Waals surface area (Å²) in [5, 5.41) is 3.73. The van der Waals surface area contributed by atoms with Gasteiger partial charge in [-0.05, 0) is 44.5 Å². The van der Waals surface area contributed by atoms with Crippen molar-refractivity contribution in [2.75, 3.05) is 5.32 Å². The van der Waals surface area contributed by atoms with Gasteiger partial charge >= 0.3 is 6.09 Å². The first-order valence-electron chi connectivity index (χ1n) is 6.19. The van der Waals surface area contributed by atoms with Gasteiger partial charge in [-0.3, -0.25) is 5.32 Å². The number of H-pyrrole nitrogens is 1. The van der Waals surface area contributed by atoms with Crippen molar-refractivity contribution in [3.63, 3.8) is 0 Å². The van der Waals surface area contributed by atoms with E-state index in [1.165, 1.54) is 0 Å². The maximum absolute atomic E-state index is 11.7. The third kappa shape index (κ3) is 3.26. The average molecular weight is 261 g/mol. The molecular formula is C14H19N3O2. The van der Waals surface area contributed by atoms with E-state index >= 15 is 0 Å². The first kappa shape index (κ1) is 13.4. The summed E-state index contributed by atoms with van der Waals surface area (Å²) in [6.07, 6.45) is 1.42. The number of amides is 1. The van der Waals surface area contributed by atoms with Gasteiger partial charge in [-0.1, -0.05) is 0 Å². The summed E-state index contributed by atoms with van der Waals surface area (Å²) in [6, 6.07) is 5.61. The van der Waals surface area contributed by atoms with Crippen LogP contribution in [0.4, 0.5) is 10.5 Å². The number of fused-ring (bicyclic) bond motifs is 1. The third-order valence-electron chi connectivity index (χ3n) is 2.63. The lowest BCUT2D eigenvalue weighted by Crippen LogP contribution is -2.27. The van der Waals surface area contributed by atoms with Crippen LogP contribution in [0.2, 0.25) is 0 Å². The molecule has 0 atom stereocenters. The van der Waals surface area contributed by atoms with Crippen LogP contribution in [0.1, 0.15) is 26.3 Å². The number of anilines is 1. The summed E-state index contributed by atoms with van der Waals surface area (Å²) in [7, 11) is 0. The molecule has 19 heavy (non-hydrogen) atoms. The van der Waals surface area contributed by atoms with E-state index in [1.54, 1.807) is 0 Å². The minimum absolute atomic E-state index is 0.454. The topological polar surface area (TPSA) is 80.1 Å². The van der Waals surface area contributed by atoms with Crippen LogP contribution in [0.15, 0.2) is 24.4 Å². The fourth-order valence-electron chi connectivity index (χ4n) is 1.85. The van der Waals surface area contributed by atoms with E-state index in [0.717, 1.165) is 16.5 Å². The molecule has 0 bridgehead atoms. The molecule has 2 aromatic rings. The number of carbonyl (C=O) groups excluding carboxylic acids is 1. The van der Waals surface area contributed by atoms with Crippen molar-refractivity contribution < 1.29 is 9.53 Å². The largest absolute Gasteiger partial charge is 0.444 e. The highest BCUT2D eigenvalue weighted by molar-refractivity contribution is 5.91. The summed E-state index contributed by atoms with van der Waals surface area (Å²) >= 11 is 0. The quantitative estimate of drug-likeness (QED) is 0.777. The summed E-state index contributed by atoms with van der Waals surface area (Å²) < 4.78 is 5.21. The predicted molar refractivity (Wildman–Crippen MR) is 76.0 cm³/mol. The maximum atomic E-state index is 11.7. The van der Waals surface area contributed by atoms with Gasteiger partial charge in [0.25, 0.3) is 0 Å². The summed E-state index contributed by atoms with van der Waals surface area (Å²) in [4.78, 5) is 14.8. The minimum Gasteiger partial charge on any atom is -0.444 e. The van der Waals surface area contributed by atoms with Gasteiger partial charge in [0.2, 0.25) is 0 Å². The summed E-state index contributed by atoms with van der Waals surface area (Å²) in [5.74, 6) is 0. The molecule has 0 fully saturated rings.